The summed E-state index contributed by atoms with van der Waals surface area (Å²) in [5.41, 5.74) is 3.72. The molecule has 0 bridgehead atoms. The zero-order valence-corrected chi connectivity index (χ0v) is 23.7. The lowest BCUT2D eigenvalue weighted by Gasteiger charge is -2.50. The van der Waals surface area contributed by atoms with Crippen LogP contribution in [0.2, 0.25) is 0 Å². The van der Waals surface area contributed by atoms with E-state index in [4.69, 9.17) is 4.74 Å². The Bertz CT molecular complexity index is 1600. The number of aromatic amines is 1. The van der Waals surface area contributed by atoms with E-state index in [2.05, 4.69) is 23.2 Å². The van der Waals surface area contributed by atoms with Crippen molar-refractivity contribution in [3.8, 4) is 5.75 Å². The van der Waals surface area contributed by atoms with Gasteiger partial charge >= 0.3 is 6.18 Å². The average molecular weight is 578 g/mol. The number of nitrogens with one attached hydrogen (secondary N) is 1. The number of amides is 1. The van der Waals surface area contributed by atoms with Gasteiger partial charge in [0.05, 0.1) is 25.3 Å². The number of carbonyl (C=O) groups excluding carboxylic acids is 1. The fraction of sp³-hybridized carbons (Fsp3) is 0.364. The highest BCUT2D eigenvalue weighted by atomic mass is 19.4. The van der Waals surface area contributed by atoms with Crippen LogP contribution in [0.25, 0.3) is 10.9 Å². The van der Waals surface area contributed by atoms with Crippen LogP contribution in [0.4, 0.5) is 13.2 Å². The van der Waals surface area contributed by atoms with Crippen LogP contribution in [0.3, 0.4) is 0 Å². The molecule has 2 N–H and O–H groups in total. The molecule has 6 rings (SSSR count). The number of likely N-dealkylation sites (tertiary alicyclic amines) is 1. The van der Waals surface area contributed by atoms with Crippen molar-refractivity contribution >= 4 is 16.8 Å². The molecule has 1 fully saturated rings. The lowest BCUT2D eigenvalue weighted by atomic mass is 9.68. The topological polar surface area (TPSA) is 68.8 Å². The van der Waals surface area contributed by atoms with Crippen molar-refractivity contribution < 1.29 is 27.8 Å². The second-order valence-corrected chi connectivity index (χ2v) is 11.5. The monoisotopic (exact) mass is 577 g/mol. The Hall–Kier alpha value is -3.82. The first kappa shape index (κ1) is 28.3. The van der Waals surface area contributed by atoms with Gasteiger partial charge in [-0.25, -0.2) is 0 Å². The maximum absolute atomic E-state index is 13.9. The van der Waals surface area contributed by atoms with Crippen molar-refractivity contribution in [2.75, 3.05) is 33.4 Å². The van der Waals surface area contributed by atoms with E-state index in [9.17, 15) is 23.1 Å². The molecule has 4 aromatic rings. The van der Waals surface area contributed by atoms with Gasteiger partial charge in [0.2, 0.25) is 0 Å². The first-order chi connectivity index (χ1) is 20.1. The highest BCUT2D eigenvalue weighted by Gasteiger charge is 2.48. The quantitative estimate of drug-likeness (QED) is 0.295. The molecule has 2 aliphatic rings. The Kier molecular flexibility index (Phi) is 7.27. The number of ether oxygens (including phenoxy) is 1. The fourth-order valence-electron chi connectivity index (χ4n) is 6.90. The van der Waals surface area contributed by atoms with Crippen LogP contribution in [0.5, 0.6) is 5.75 Å². The Morgan fingerprint density at radius 3 is 2.45 bits per heavy atom. The number of aromatic nitrogens is 1. The molecular weight excluding hydrogens is 543 g/mol. The minimum atomic E-state index is -4.48. The van der Waals surface area contributed by atoms with E-state index in [0.29, 0.717) is 43.8 Å². The number of aryl methyl sites for hydroxylation is 1. The van der Waals surface area contributed by atoms with Gasteiger partial charge in [-0.3, -0.25) is 9.69 Å². The molecule has 1 aromatic heterocycles. The lowest BCUT2D eigenvalue weighted by Crippen LogP contribution is -2.54. The molecule has 0 saturated carbocycles. The Morgan fingerprint density at radius 1 is 1.07 bits per heavy atom. The third kappa shape index (κ3) is 4.94. The second kappa shape index (κ2) is 10.8. The highest BCUT2D eigenvalue weighted by Crippen LogP contribution is 2.49. The minimum Gasteiger partial charge on any atom is -0.497 e. The molecule has 0 radical (unpaired) electrons. The van der Waals surface area contributed by atoms with E-state index >= 15 is 0 Å². The number of halogens is 3. The minimum absolute atomic E-state index is 0.0466. The molecule has 1 spiro atoms. The number of hydrogen-bond donors (Lipinski definition) is 2. The number of rotatable bonds is 5. The van der Waals surface area contributed by atoms with Gasteiger partial charge in [-0.15, -0.1) is 0 Å². The van der Waals surface area contributed by atoms with Gasteiger partial charge in [0.25, 0.3) is 5.91 Å². The van der Waals surface area contributed by atoms with Crippen molar-refractivity contribution in [2.24, 2.45) is 0 Å². The van der Waals surface area contributed by atoms with Crippen molar-refractivity contribution in [3.05, 3.63) is 100 Å². The Morgan fingerprint density at radius 2 is 1.79 bits per heavy atom. The second-order valence-electron chi connectivity index (χ2n) is 11.5. The summed E-state index contributed by atoms with van der Waals surface area (Å²) >= 11 is 0. The number of piperidine rings is 1. The molecule has 220 valence electrons. The molecule has 6 nitrogen and oxygen atoms in total. The predicted octanol–water partition coefficient (Wildman–Crippen LogP) is 6.23. The summed E-state index contributed by atoms with van der Waals surface area (Å²) in [5.74, 6) is 0.626. The SMILES string of the molecule is COc1ccc(C(=O)N2CCC3(CC2)CN(Cc2ccccc2C(F)(F)F)C(CO)c2[nH]c4cc(C)ccc4c23)cc1. The predicted molar refractivity (Wildman–Crippen MR) is 155 cm³/mol. The summed E-state index contributed by atoms with van der Waals surface area (Å²) in [6.45, 7) is 3.33. The van der Waals surface area contributed by atoms with E-state index in [0.717, 1.165) is 33.8 Å². The number of methoxy groups -OCH3 is 1. The van der Waals surface area contributed by atoms with Gasteiger partial charge in [-0.1, -0.05) is 30.3 Å². The number of alkyl halides is 3. The smallest absolute Gasteiger partial charge is 0.416 e. The highest BCUT2D eigenvalue weighted by molar-refractivity contribution is 5.94. The molecule has 0 aliphatic carbocycles. The molecule has 2 aliphatic heterocycles. The maximum Gasteiger partial charge on any atom is 0.416 e. The number of aliphatic hydroxyl groups is 1. The lowest BCUT2D eigenvalue weighted by molar-refractivity contribution is -0.138. The van der Waals surface area contributed by atoms with Gasteiger partial charge < -0.3 is 19.7 Å². The average Bonchev–Trinajstić information content (AvgIpc) is 3.36. The number of H-pyrrole nitrogens is 1. The fourth-order valence-corrected chi connectivity index (χ4v) is 6.90. The number of hydrogen-bond acceptors (Lipinski definition) is 4. The Balaban J connectivity index is 1.37. The molecule has 1 unspecified atom stereocenters. The van der Waals surface area contributed by atoms with Crippen LogP contribution in [0, 0.1) is 6.92 Å². The van der Waals surface area contributed by atoms with Crippen LogP contribution >= 0.6 is 0 Å². The van der Waals surface area contributed by atoms with Crippen molar-refractivity contribution in [1.29, 1.82) is 0 Å². The molecule has 9 heteroatoms. The molecule has 1 amide bonds. The first-order valence-corrected chi connectivity index (χ1v) is 14.2. The third-order valence-electron chi connectivity index (χ3n) is 9.01. The summed E-state index contributed by atoms with van der Waals surface area (Å²) in [6, 6.07) is 18.5. The molecular formula is C33H34F3N3O3. The summed E-state index contributed by atoms with van der Waals surface area (Å²) in [6.07, 6.45) is -3.17. The van der Waals surface area contributed by atoms with E-state index in [1.807, 2.05) is 16.7 Å². The zero-order valence-electron chi connectivity index (χ0n) is 23.7. The molecule has 1 atom stereocenters. The van der Waals surface area contributed by atoms with Gasteiger partial charge in [0.15, 0.2) is 0 Å². The summed E-state index contributed by atoms with van der Waals surface area (Å²) < 4.78 is 47.0. The van der Waals surface area contributed by atoms with Gasteiger partial charge in [-0.2, -0.15) is 13.2 Å². The van der Waals surface area contributed by atoms with Gasteiger partial charge in [-0.05, 0) is 72.9 Å². The van der Waals surface area contributed by atoms with Gasteiger partial charge in [0.1, 0.15) is 5.75 Å². The van der Waals surface area contributed by atoms with E-state index in [-0.39, 0.29) is 24.6 Å². The van der Waals surface area contributed by atoms with Crippen LogP contribution in [-0.2, 0) is 18.1 Å². The molecule has 42 heavy (non-hydrogen) atoms. The maximum atomic E-state index is 13.9. The normalized spacial score (nSPS) is 18.8. The number of aliphatic hydroxyl groups excluding tert-OH is 1. The molecule has 3 heterocycles. The summed E-state index contributed by atoms with van der Waals surface area (Å²) in [4.78, 5) is 20.8. The number of nitrogens with zero attached hydrogens (tertiary/aromatic N) is 2. The van der Waals surface area contributed by atoms with Crippen LogP contribution < -0.4 is 4.74 Å². The summed E-state index contributed by atoms with van der Waals surface area (Å²) in [7, 11) is 1.58. The van der Waals surface area contributed by atoms with Crippen LogP contribution in [0.1, 0.15) is 57.2 Å². The van der Waals surface area contributed by atoms with Crippen LogP contribution in [0.15, 0.2) is 66.7 Å². The van der Waals surface area contributed by atoms with E-state index < -0.39 is 23.2 Å². The zero-order chi connectivity index (χ0) is 29.6. The molecule has 1 saturated heterocycles. The first-order valence-electron chi connectivity index (χ1n) is 14.2. The summed E-state index contributed by atoms with van der Waals surface area (Å²) in [5, 5.41) is 11.7. The van der Waals surface area contributed by atoms with Crippen molar-refractivity contribution in [3.63, 3.8) is 0 Å². The standard InChI is InChI=1S/C33H34F3N3O3/c1-21-7-12-25-27(17-21)37-30-28(19-40)39(18-23-5-3-4-6-26(23)33(34,35)36)20-32(29(25)30)13-15-38(16-14-32)31(41)22-8-10-24(42-2)11-9-22/h3-12,17,28,37,40H,13-16,18-20H2,1-2H3. The Labute approximate surface area is 242 Å². The number of carbonyl (C=O) groups is 1. The van der Waals surface area contributed by atoms with E-state index in [1.54, 1.807) is 37.4 Å². The van der Waals surface area contributed by atoms with Crippen molar-refractivity contribution in [2.45, 2.75) is 43.9 Å². The number of benzene rings is 3. The van der Waals surface area contributed by atoms with Crippen LogP contribution in [-0.4, -0.2) is 59.1 Å². The largest absolute Gasteiger partial charge is 0.497 e. The third-order valence-corrected chi connectivity index (χ3v) is 9.01. The molecule has 3 aromatic carbocycles. The van der Waals surface area contributed by atoms with Crippen molar-refractivity contribution in [1.82, 2.24) is 14.8 Å². The van der Waals surface area contributed by atoms with E-state index in [1.165, 1.54) is 12.1 Å². The van der Waals surface area contributed by atoms with Gasteiger partial charge in [0, 0.05) is 53.8 Å². The number of fused-ring (bicyclic) bond motifs is 4.